The summed E-state index contributed by atoms with van der Waals surface area (Å²) in [4.78, 5) is 28.2. The lowest BCUT2D eigenvalue weighted by molar-refractivity contribution is -0.137. The summed E-state index contributed by atoms with van der Waals surface area (Å²) in [7, 11) is 1.54. The maximum Gasteiger partial charge on any atom is 0.278 e. The number of aryl methyl sites for hydroxylation is 2. The van der Waals surface area contributed by atoms with E-state index in [1.54, 1.807) is 43.5 Å². The zero-order chi connectivity index (χ0) is 22.8. The highest BCUT2D eigenvalue weighted by atomic mass is 35.5. The van der Waals surface area contributed by atoms with Gasteiger partial charge in [-0.15, -0.1) is 0 Å². The summed E-state index contributed by atoms with van der Waals surface area (Å²) in [5, 5.41) is 3.81. The molecule has 0 aliphatic carbocycles. The molecule has 0 saturated heterocycles. The van der Waals surface area contributed by atoms with Crippen molar-refractivity contribution in [3.05, 3.63) is 99.7 Å². The van der Waals surface area contributed by atoms with Crippen LogP contribution in [0.25, 0.3) is 5.57 Å². The number of ether oxygens (including phenoxy) is 1. The summed E-state index contributed by atoms with van der Waals surface area (Å²) in [6.45, 7) is 4.12. The lowest BCUT2D eigenvalue weighted by Crippen LogP contribution is -2.32. The normalized spacial score (nSPS) is 13.7. The van der Waals surface area contributed by atoms with E-state index in [1.807, 2.05) is 38.1 Å². The Kier molecular flexibility index (Phi) is 6.01. The van der Waals surface area contributed by atoms with Gasteiger partial charge in [0, 0.05) is 16.3 Å². The number of halogens is 1. The fourth-order valence-electron chi connectivity index (χ4n) is 3.90. The van der Waals surface area contributed by atoms with Crippen molar-refractivity contribution in [2.45, 2.75) is 20.4 Å². The van der Waals surface area contributed by atoms with Gasteiger partial charge in [0.05, 0.1) is 19.2 Å². The van der Waals surface area contributed by atoms with Crippen molar-refractivity contribution in [1.82, 2.24) is 4.90 Å². The number of imide groups is 1. The van der Waals surface area contributed by atoms with E-state index in [-0.39, 0.29) is 24.1 Å². The molecule has 3 aromatic carbocycles. The van der Waals surface area contributed by atoms with E-state index >= 15 is 0 Å². The Morgan fingerprint density at radius 1 is 0.906 bits per heavy atom. The molecule has 0 atom stereocenters. The largest absolute Gasteiger partial charge is 0.496 e. The number of carbonyl (C=O) groups excluding carboxylic acids is 2. The summed E-state index contributed by atoms with van der Waals surface area (Å²) < 4.78 is 5.49. The van der Waals surface area contributed by atoms with Crippen LogP contribution >= 0.6 is 11.6 Å². The molecule has 4 rings (SSSR count). The van der Waals surface area contributed by atoms with Gasteiger partial charge in [0.1, 0.15) is 11.4 Å². The van der Waals surface area contributed by atoms with Gasteiger partial charge in [0.2, 0.25) is 0 Å². The van der Waals surface area contributed by atoms with Crippen LogP contribution in [-0.4, -0.2) is 23.8 Å². The number of nitrogens with zero attached hydrogens (tertiary/aromatic N) is 1. The monoisotopic (exact) mass is 446 g/mol. The Hall–Kier alpha value is -3.57. The molecule has 0 unspecified atom stereocenters. The number of hydrogen-bond donors (Lipinski definition) is 1. The molecule has 162 valence electrons. The molecule has 6 heteroatoms. The average molecular weight is 447 g/mol. The molecule has 1 aliphatic heterocycles. The highest BCUT2D eigenvalue weighted by Crippen LogP contribution is 2.36. The van der Waals surface area contributed by atoms with Gasteiger partial charge < -0.3 is 10.1 Å². The van der Waals surface area contributed by atoms with E-state index in [9.17, 15) is 9.59 Å². The number of benzene rings is 3. The van der Waals surface area contributed by atoms with Crippen LogP contribution < -0.4 is 10.1 Å². The zero-order valence-corrected chi connectivity index (χ0v) is 18.9. The van der Waals surface area contributed by atoms with Gasteiger partial charge in [-0.1, -0.05) is 48.0 Å². The van der Waals surface area contributed by atoms with Gasteiger partial charge >= 0.3 is 0 Å². The zero-order valence-electron chi connectivity index (χ0n) is 18.1. The van der Waals surface area contributed by atoms with Crippen LogP contribution in [0.15, 0.2) is 72.4 Å². The molecule has 0 radical (unpaired) electrons. The Balaban J connectivity index is 1.79. The topological polar surface area (TPSA) is 58.6 Å². The molecule has 0 spiro atoms. The second-order valence-electron chi connectivity index (χ2n) is 7.77. The Bertz CT molecular complexity index is 1210. The highest BCUT2D eigenvalue weighted by molar-refractivity contribution is 6.37. The van der Waals surface area contributed by atoms with Gasteiger partial charge in [0.15, 0.2) is 0 Å². The number of carbonyl (C=O) groups is 2. The molecule has 32 heavy (non-hydrogen) atoms. The number of rotatable bonds is 6. The van der Waals surface area contributed by atoms with E-state index in [4.69, 9.17) is 16.3 Å². The third-order valence-corrected chi connectivity index (χ3v) is 5.54. The Morgan fingerprint density at radius 3 is 2.22 bits per heavy atom. The quantitative estimate of drug-likeness (QED) is 0.518. The van der Waals surface area contributed by atoms with E-state index in [1.165, 1.54) is 4.90 Å². The van der Waals surface area contributed by atoms with Crippen molar-refractivity contribution < 1.29 is 14.3 Å². The fraction of sp³-hybridized carbons (Fsp3) is 0.154. The number of methoxy groups -OCH3 is 1. The van der Waals surface area contributed by atoms with Crippen molar-refractivity contribution in [3.63, 3.8) is 0 Å². The first-order chi connectivity index (χ1) is 15.4. The molecule has 3 aromatic rings. The standard InChI is InChI=1S/C26H23ClN2O3/c1-16-12-17(2)14-20(13-16)28-24-23(21-6-4-5-7-22(21)32-3)25(30)29(26(24)31)15-18-8-10-19(27)11-9-18/h4-14,28H,15H2,1-3H3. The van der Waals surface area contributed by atoms with Gasteiger partial charge in [-0.25, -0.2) is 0 Å². The third-order valence-electron chi connectivity index (χ3n) is 5.29. The summed E-state index contributed by atoms with van der Waals surface area (Å²) in [6, 6.07) is 20.2. The summed E-state index contributed by atoms with van der Waals surface area (Å²) >= 11 is 5.98. The second kappa shape index (κ2) is 8.89. The minimum atomic E-state index is -0.384. The minimum Gasteiger partial charge on any atom is -0.496 e. The number of hydrogen-bond acceptors (Lipinski definition) is 4. The molecular weight excluding hydrogens is 424 g/mol. The molecule has 1 aliphatic rings. The lowest BCUT2D eigenvalue weighted by atomic mass is 10.0. The predicted molar refractivity (Wildman–Crippen MR) is 126 cm³/mol. The van der Waals surface area contributed by atoms with E-state index < -0.39 is 0 Å². The number of nitrogens with one attached hydrogen (secondary N) is 1. The van der Waals surface area contributed by atoms with Gasteiger partial charge in [-0.2, -0.15) is 0 Å². The predicted octanol–water partition coefficient (Wildman–Crippen LogP) is 5.36. The van der Waals surface area contributed by atoms with Crippen LogP contribution in [0.1, 0.15) is 22.3 Å². The molecule has 2 amide bonds. The number of anilines is 1. The van der Waals surface area contributed by atoms with Crippen LogP contribution in [0.2, 0.25) is 5.02 Å². The first-order valence-corrected chi connectivity index (χ1v) is 10.6. The molecule has 5 nitrogen and oxygen atoms in total. The summed E-state index contributed by atoms with van der Waals surface area (Å²) in [5.41, 5.74) is 4.77. The second-order valence-corrected chi connectivity index (χ2v) is 8.21. The summed E-state index contributed by atoms with van der Waals surface area (Å²) in [5.74, 6) is -0.233. The first-order valence-electron chi connectivity index (χ1n) is 10.2. The van der Waals surface area contributed by atoms with Crippen LogP contribution in [0, 0.1) is 13.8 Å². The van der Waals surface area contributed by atoms with Crippen molar-refractivity contribution in [1.29, 1.82) is 0 Å². The summed E-state index contributed by atoms with van der Waals surface area (Å²) in [6.07, 6.45) is 0. The number of amides is 2. The van der Waals surface area contributed by atoms with E-state index in [2.05, 4.69) is 11.4 Å². The van der Waals surface area contributed by atoms with Crippen LogP contribution in [0.3, 0.4) is 0 Å². The highest BCUT2D eigenvalue weighted by Gasteiger charge is 2.40. The molecule has 0 bridgehead atoms. The third kappa shape index (κ3) is 4.25. The Morgan fingerprint density at radius 2 is 1.56 bits per heavy atom. The molecule has 1 N–H and O–H groups in total. The van der Waals surface area contributed by atoms with Gasteiger partial charge in [-0.3, -0.25) is 14.5 Å². The molecule has 1 heterocycles. The fourth-order valence-corrected chi connectivity index (χ4v) is 4.03. The van der Waals surface area contributed by atoms with E-state index in [0.29, 0.717) is 21.9 Å². The Labute approximate surface area is 192 Å². The van der Waals surface area contributed by atoms with Crippen molar-refractivity contribution >= 4 is 34.7 Å². The minimum absolute atomic E-state index is 0.144. The molecule has 0 aromatic heterocycles. The van der Waals surface area contributed by atoms with Crippen molar-refractivity contribution in [3.8, 4) is 5.75 Å². The molecular formula is C26H23ClN2O3. The van der Waals surface area contributed by atoms with Crippen molar-refractivity contribution in [2.24, 2.45) is 0 Å². The molecule has 0 fully saturated rings. The smallest absolute Gasteiger partial charge is 0.278 e. The maximum absolute atomic E-state index is 13.5. The van der Waals surface area contributed by atoms with Gasteiger partial charge in [-0.05, 0) is 60.9 Å². The van der Waals surface area contributed by atoms with Crippen LogP contribution in [0.5, 0.6) is 5.75 Å². The molecule has 0 saturated carbocycles. The van der Waals surface area contributed by atoms with Crippen molar-refractivity contribution in [2.75, 3.05) is 12.4 Å². The lowest BCUT2D eigenvalue weighted by Gasteiger charge is -2.16. The van der Waals surface area contributed by atoms with E-state index in [0.717, 1.165) is 22.4 Å². The number of para-hydroxylation sites is 1. The van der Waals surface area contributed by atoms with Crippen LogP contribution in [-0.2, 0) is 16.1 Å². The first kappa shape index (κ1) is 21.7. The maximum atomic E-state index is 13.5. The van der Waals surface area contributed by atoms with Crippen LogP contribution in [0.4, 0.5) is 5.69 Å². The SMILES string of the molecule is COc1ccccc1C1=C(Nc2cc(C)cc(C)c2)C(=O)N(Cc2ccc(Cl)cc2)C1=O. The average Bonchev–Trinajstić information content (AvgIpc) is 2.98. The van der Waals surface area contributed by atoms with Gasteiger partial charge in [0.25, 0.3) is 11.8 Å².